The molecule has 2 aromatic carbocycles. The summed E-state index contributed by atoms with van der Waals surface area (Å²) in [5.74, 6) is 1.92. The third-order valence-corrected chi connectivity index (χ3v) is 3.86. The van der Waals surface area contributed by atoms with Crippen LogP contribution in [-0.4, -0.2) is 14.2 Å². The summed E-state index contributed by atoms with van der Waals surface area (Å²) >= 11 is 1.22. The van der Waals surface area contributed by atoms with E-state index in [2.05, 4.69) is 18.2 Å². The quantitative estimate of drug-likeness (QED) is 0.723. The molecule has 0 aromatic heterocycles. The van der Waals surface area contributed by atoms with Gasteiger partial charge in [-0.25, -0.2) is 0 Å². The normalized spacial score (nSPS) is 9.88. The molecule has 0 N–H and O–H groups in total. The Bertz CT molecular complexity index is 514. The molecule has 0 aliphatic rings. The predicted molar refractivity (Wildman–Crippen MR) is 60.8 cm³/mol. The number of benzene rings is 2. The third-order valence-electron chi connectivity index (χ3n) is 2.73. The van der Waals surface area contributed by atoms with Gasteiger partial charge >= 0.3 is 105 Å². The maximum absolute atomic E-state index is 5.51. The van der Waals surface area contributed by atoms with Crippen LogP contribution in [0, 0.1) is 0 Å². The molecule has 2 nitrogen and oxygen atoms in total. The molecule has 0 unspecified atom stereocenters. The summed E-state index contributed by atoms with van der Waals surface area (Å²) < 4.78 is 10.9. The van der Waals surface area contributed by atoms with Gasteiger partial charge in [-0.3, -0.25) is 0 Å². The number of halogens is 1. The van der Waals surface area contributed by atoms with Crippen LogP contribution in [0.5, 0.6) is 11.5 Å². The van der Waals surface area contributed by atoms with E-state index in [4.69, 9.17) is 9.47 Å². The summed E-state index contributed by atoms with van der Waals surface area (Å²) in [5, 5.41) is 3.30. The van der Waals surface area contributed by atoms with Crippen LogP contribution in [0.3, 0.4) is 0 Å². The van der Waals surface area contributed by atoms with Crippen LogP contribution in [0.4, 0.5) is 0 Å². The first-order valence-corrected chi connectivity index (χ1v) is 7.33. The molecule has 17 heavy (non-hydrogen) atoms. The van der Waals surface area contributed by atoms with Crippen LogP contribution in [0.25, 0.3) is 10.8 Å². The SMILES string of the molecule is COc1cc([CH2][Zn+])c(OC)c2ccccc12.[Br-]. The van der Waals surface area contributed by atoms with E-state index in [0.717, 1.165) is 27.3 Å². The molecule has 2 aromatic rings. The Morgan fingerprint density at radius 1 is 1.06 bits per heavy atom. The van der Waals surface area contributed by atoms with Gasteiger partial charge in [-0.05, 0) is 0 Å². The molecule has 0 fully saturated rings. The van der Waals surface area contributed by atoms with E-state index in [0.29, 0.717) is 0 Å². The Balaban J connectivity index is 0.00000144. The van der Waals surface area contributed by atoms with Crippen molar-refractivity contribution in [1.82, 2.24) is 0 Å². The van der Waals surface area contributed by atoms with Gasteiger partial charge < -0.3 is 17.0 Å². The Morgan fingerprint density at radius 3 is 2.24 bits per heavy atom. The van der Waals surface area contributed by atoms with Crippen molar-refractivity contribution >= 4 is 10.8 Å². The van der Waals surface area contributed by atoms with Crippen LogP contribution in [0.1, 0.15) is 5.56 Å². The average Bonchev–Trinajstić information content (AvgIpc) is 2.36. The topological polar surface area (TPSA) is 18.5 Å². The first-order valence-electron chi connectivity index (χ1n) is 5.23. The molecule has 2 rings (SSSR count). The summed E-state index contributed by atoms with van der Waals surface area (Å²) in [6.07, 6.45) is 0. The van der Waals surface area contributed by atoms with Gasteiger partial charge in [-0.15, -0.1) is 0 Å². The minimum absolute atomic E-state index is 0. The van der Waals surface area contributed by atoms with Crippen molar-refractivity contribution in [2.45, 2.75) is 5.02 Å². The molecule has 0 bridgehead atoms. The number of ether oxygens (including phenoxy) is 2. The number of hydrogen-bond donors (Lipinski definition) is 0. The molecule has 0 saturated carbocycles. The zero-order valence-corrected chi connectivity index (χ0v) is 14.5. The number of fused-ring (bicyclic) bond motifs is 1. The Labute approximate surface area is 122 Å². The molecular weight excluding hydrogens is 333 g/mol. The zero-order valence-electron chi connectivity index (χ0n) is 10.00. The van der Waals surface area contributed by atoms with Crippen LogP contribution in [-0.2, 0) is 23.3 Å². The van der Waals surface area contributed by atoms with E-state index in [1.165, 1.54) is 23.9 Å². The third kappa shape index (κ3) is 2.64. The fourth-order valence-electron chi connectivity index (χ4n) is 1.97. The smallest absolute Gasteiger partial charge is 1.00 e. The van der Waals surface area contributed by atoms with Crippen molar-refractivity contribution in [2.75, 3.05) is 14.2 Å². The first kappa shape index (κ1) is 14.5. The molecule has 0 aliphatic carbocycles. The van der Waals surface area contributed by atoms with Gasteiger partial charge in [0, 0.05) is 0 Å². The van der Waals surface area contributed by atoms with Gasteiger partial charge in [0.2, 0.25) is 0 Å². The van der Waals surface area contributed by atoms with Crippen molar-refractivity contribution in [2.24, 2.45) is 0 Å². The molecule has 0 spiro atoms. The van der Waals surface area contributed by atoms with Crippen molar-refractivity contribution < 1.29 is 44.8 Å². The molecule has 4 heteroatoms. The predicted octanol–water partition coefficient (Wildman–Crippen LogP) is -0.0922. The van der Waals surface area contributed by atoms with E-state index in [-0.39, 0.29) is 17.0 Å². The van der Waals surface area contributed by atoms with E-state index in [1.54, 1.807) is 14.2 Å². The van der Waals surface area contributed by atoms with Crippen molar-refractivity contribution in [3.8, 4) is 11.5 Å². The van der Waals surface area contributed by atoms with Gasteiger partial charge in [0.15, 0.2) is 0 Å². The Hall–Kier alpha value is -0.597. The van der Waals surface area contributed by atoms with E-state index in [9.17, 15) is 0 Å². The molecule has 86 valence electrons. The zero-order chi connectivity index (χ0) is 11.5. The maximum atomic E-state index is 5.51. The summed E-state index contributed by atoms with van der Waals surface area (Å²) in [6, 6.07) is 10.3. The molecule has 0 atom stereocenters. The van der Waals surface area contributed by atoms with Crippen LogP contribution in [0.15, 0.2) is 30.3 Å². The Morgan fingerprint density at radius 2 is 1.71 bits per heavy atom. The monoisotopic (exact) mass is 344 g/mol. The van der Waals surface area contributed by atoms with Gasteiger partial charge in [0.05, 0.1) is 0 Å². The molecular formula is C13H13BrO2Zn. The van der Waals surface area contributed by atoms with Gasteiger partial charge in [0.1, 0.15) is 0 Å². The van der Waals surface area contributed by atoms with Crippen LogP contribution >= 0.6 is 0 Å². The number of methoxy groups -OCH3 is 2. The number of hydrogen-bond acceptors (Lipinski definition) is 2. The summed E-state index contributed by atoms with van der Waals surface area (Å²) in [4.78, 5) is 0. The minimum atomic E-state index is 0. The van der Waals surface area contributed by atoms with Crippen molar-refractivity contribution in [3.05, 3.63) is 35.9 Å². The number of rotatable bonds is 3. The second kappa shape index (κ2) is 6.37. The fraction of sp³-hybridized carbons (Fsp3) is 0.231. The second-order valence-corrected chi connectivity index (χ2v) is 4.62. The standard InChI is InChI=1S/C13H13O2.BrH.Zn/c1-9-8-12(14-2)10-6-4-5-7-11(10)13(9)15-3;;/h4-8H,1H2,2-3H3;1H;/q;;+1/p-1. The van der Waals surface area contributed by atoms with Gasteiger partial charge in [-0.2, -0.15) is 0 Å². The molecule has 0 radical (unpaired) electrons. The van der Waals surface area contributed by atoms with Gasteiger partial charge in [0.25, 0.3) is 0 Å². The summed E-state index contributed by atoms with van der Waals surface area (Å²) in [5.41, 5.74) is 1.23. The summed E-state index contributed by atoms with van der Waals surface area (Å²) in [7, 11) is 3.44. The van der Waals surface area contributed by atoms with Gasteiger partial charge in [-0.1, -0.05) is 0 Å². The molecule has 0 aliphatic heterocycles. The molecule has 0 amide bonds. The second-order valence-electron chi connectivity index (χ2n) is 3.57. The minimum Gasteiger partial charge on any atom is -1.00 e. The van der Waals surface area contributed by atoms with E-state index < -0.39 is 0 Å². The fourth-order valence-corrected chi connectivity index (χ4v) is 2.75. The molecule has 0 saturated heterocycles. The first-order chi connectivity index (χ1) is 7.81. The Kier molecular flexibility index (Phi) is 5.42. The summed E-state index contributed by atoms with van der Waals surface area (Å²) in [6.45, 7) is 0. The van der Waals surface area contributed by atoms with Crippen LogP contribution < -0.4 is 26.5 Å². The maximum Gasteiger partial charge on any atom is -1.00 e. The van der Waals surface area contributed by atoms with Crippen LogP contribution in [0.2, 0.25) is 0 Å². The average molecular weight is 347 g/mol. The van der Waals surface area contributed by atoms with E-state index in [1.807, 2.05) is 12.1 Å². The molecule has 0 heterocycles. The largest absolute Gasteiger partial charge is 1.00 e. The van der Waals surface area contributed by atoms with Crippen molar-refractivity contribution in [3.63, 3.8) is 0 Å². The van der Waals surface area contributed by atoms with E-state index >= 15 is 0 Å². The van der Waals surface area contributed by atoms with Crippen molar-refractivity contribution in [1.29, 1.82) is 0 Å².